The van der Waals surface area contributed by atoms with Gasteiger partial charge in [0.1, 0.15) is 76.9 Å². The lowest BCUT2D eigenvalue weighted by molar-refractivity contribution is 0.301. The Morgan fingerprint density at radius 3 is 1.31 bits per heavy atom. The molecule has 0 aliphatic heterocycles. The number of fused-ring (bicyclic) bond motifs is 3. The summed E-state index contributed by atoms with van der Waals surface area (Å²) in [6.07, 6.45) is 17.7. The third kappa shape index (κ3) is 14.4. The zero-order valence-electron chi connectivity index (χ0n) is 48.5. The molecule has 89 heavy (non-hydrogen) atoms. The highest BCUT2D eigenvalue weighted by Crippen LogP contribution is 2.34. The molecule has 8 heterocycles. The van der Waals surface area contributed by atoms with Crippen molar-refractivity contribution in [3.05, 3.63) is 232 Å². The van der Waals surface area contributed by atoms with Gasteiger partial charge in [0, 0.05) is 69.9 Å². The number of phenolic OH excluding ortho intramolecular Hbond substituents is 1. The molecule has 3 unspecified atom stereocenters. The van der Waals surface area contributed by atoms with Crippen molar-refractivity contribution in [2.24, 2.45) is 0 Å². The van der Waals surface area contributed by atoms with E-state index in [1.807, 2.05) is 93.8 Å². The predicted octanol–water partition coefficient (Wildman–Crippen LogP) is 13.4. The number of benzene rings is 5. The van der Waals surface area contributed by atoms with Crippen molar-refractivity contribution >= 4 is 57.0 Å². The summed E-state index contributed by atoms with van der Waals surface area (Å²) in [5.41, 5.74) is 9.46. The Labute approximate surface area is 521 Å². The van der Waals surface area contributed by atoms with Crippen LogP contribution in [0.4, 0.5) is 30.6 Å². The molecule has 6 N–H and O–H groups in total. The van der Waals surface area contributed by atoms with Crippen LogP contribution in [-0.2, 0) is 13.2 Å². The summed E-state index contributed by atoms with van der Waals surface area (Å²) in [6.45, 7) is 6.43. The van der Waals surface area contributed by atoms with Gasteiger partial charge in [-0.1, -0.05) is 24.3 Å². The van der Waals surface area contributed by atoms with Gasteiger partial charge in [0.05, 0.1) is 66.9 Å². The molecule has 0 aliphatic rings. The molecule has 13 rings (SSSR count). The molecule has 21 nitrogen and oxygen atoms in total. The third-order valence-electron chi connectivity index (χ3n) is 14.2. The number of nitrogens with one attached hydrogen (secondary N) is 5. The van der Waals surface area contributed by atoms with Crippen LogP contribution in [0, 0.1) is 21.0 Å². The van der Waals surface area contributed by atoms with E-state index in [1.165, 1.54) is 42.5 Å². The molecule has 0 fully saturated rings. The summed E-state index contributed by atoms with van der Waals surface area (Å²) >= 11 is 2.19. The Morgan fingerprint density at radius 1 is 0.494 bits per heavy atom. The Bertz CT molecular complexity index is 4490. The van der Waals surface area contributed by atoms with Crippen molar-refractivity contribution in [2.45, 2.75) is 52.1 Å². The van der Waals surface area contributed by atoms with Gasteiger partial charge in [0.25, 0.3) is 0 Å². The van der Waals surface area contributed by atoms with E-state index in [-0.39, 0.29) is 35.5 Å². The van der Waals surface area contributed by atoms with Crippen LogP contribution >= 0.6 is 22.6 Å². The van der Waals surface area contributed by atoms with E-state index in [1.54, 1.807) is 95.5 Å². The number of hydrogen-bond acceptors (Lipinski definition) is 16. The van der Waals surface area contributed by atoms with Crippen molar-refractivity contribution < 1.29 is 37.2 Å². The number of hydrogen-bond donors (Lipinski definition) is 6. The van der Waals surface area contributed by atoms with Crippen LogP contribution in [0.15, 0.2) is 183 Å². The SMILES string of the molecule is CC(Nc1ccn2ncc(-c3cn[nH]c3)c2n1)c1cc(F)ccc1O.COc1ccc(COc2ccc(F)cc2C(C)Nc2ccn3ncc(-c4cn[nH]c4)c3n2)cc1.COc1ccc(COc2ccc(F)cc2C(C)Nc2ccn3ncc(I)c3n2)cc1. The predicted molar refractivity (Wildman–Crippen MR) is 338 cm³/mol. The molecule has 0 saturated heterocycles. The van der Waals surface area contributed by atoms with Crippen molar-refractivity contribution in [1.29, 1.82) is 0 Å². The summed E-state index contributed by atoms with van der Waals surface area (Å²) in [5, 5.41) is 46.2. The highest BCUT2D eigenvalue weighted by Gasteiger charge is 2.19. The quantitative estimate of drug-likeness (QED) is 0.0413. The molecule has 0 spiro atoms. The van der Waals surface area contributed by atoms with Gasteiger partial charge in [-0.3, -0.25) is 10.2 Å². The first-order valence-electron chi connectivity index (χ1n) is 27.8. The highest BCUT2D eigenvalue weighted by molar-refractivity contribution is 14.1. The van der Waals surface area contributed by atoms with Crippen LogP contribution in [0.1, 0.15) is 66.7 Å². The Hall–Kier alpha value is -10.7. The number of aromatic amines is 2. The van der Waals surface area contributed by atoms with Crippen molar-refractivity contribution in [3.63, 3.8) is 0 Å². The van der Waals surface area contributed by atoms with Crippen LogP contribution in [0.2, 0.25) is 0 Å². The molecule has 452 valence electrons. The number of phenols is 1. The van der Waals surface area contributed by atoms with E-state index >= 15 is 0 Å². The van der Waals surface area contributed by atoms with Crippen LogP contribution in [0.5, 0.6) is 28.7 Å². The highest BCUT2D eigenvalue weighted by atomic mass is 127. The van der Waals surface area contributed by atoms with E-state index in [0.717, 1.165) is 54.1 Å². The summed E-state index contributed by atoms with van der Waals surface area (Å²) in [5.74, 6) is 3.68. The molecule has 8 aromatic heterocycles. The first-order valence-corrected chi connectivity index (χ1v) is 28.9. The number of nitrogens with zero attached hydrogens (tertiary/aromatic N) is 11. The Balaban J connectivity index is 0.000000139. The van der Waals surface area contributed by atoms with Gasteiger partial charge in [-0.2, -0.15) is 25.5 Å². The van der Waals surface area contributed by atoms with Crippen LogP contribution < -0.4 is 34.9 Å². The fourth-order valence-corrected chi connectivity index (χ4v) is 10.0. The van der Waals surface area contributed by atoms with Gasteiger partial charge in [0.15, 0.2) is 16.9 Å². The molecule has 13 aromatic rings. The van der Waals surface area contributed by atoms with Crippen LogP contribution in [0.25, 0.3) is 39.2 Å². The molecule has 0 saturated carbocycles. The van der Waals surface area contributed by atoms with Crippen molar-refractivity contribution in [2.75, 3.05) is 30.2 Å². The van der Waals surface area contributed by atoms with Crippen molar-refractivity contribution in [1.82, 2.24) is 64.2 Å². The Kier molecular flexibility index (Phi) is 18.4. The number of halogens is 4. The van der Waals surface area contributed by atoms with Crippen LogP contribution in [0.3, 0.4) is 0 Å². The molecule has 0 aliphatic carbocycles. The van der Waals surface area contributed by atoms with Gasteiger partial charge < -0.3 is 40.0 Å². The fourth-order valence-electron chi connectivity index (χ4n) is 9.54. The second kappa shape index (κ2) is 27.3. The standard InChI is InChI=1S/C25H23FN6O2.C22H20FIN4O2.C17H15FN6O/c1-16(30-24-9-10-32-25(31-24)22(14-29-32)18-12-27-28-13-18)21-11-19(26)5-8-23(21)34-15-17-3-6-20(33-2)7-4-17;1-14(26-21-9-10-28-22(27-21)19(24)12-25-28)18-11-16(23)5-8-20(18)30-13-15-3-6-17(29-2)7-4-15;1-10(13-6-12(18)2-3-15(13)25)22-16-4-5-24-17(23-16)14(9-21-24)11-7-19-20-8-11/h3-14,16H,15H2,1-2H3,(H,27,28)(H,30,31);3-12,14H,13H2,1-2H3,(H,26,27);2-10,25H,1H3,(H,19,20)(H,22,23). The molecule has 25 heteroatoms. The molecular weight excluding hydrogens is 1260 g/mol. The normalized spacial score (nSPS) is 12.1. The summed E-state index contributed by atoms with van der Waals surface area (Å²) in [6, 6.07) is 32.8. The van der Waals surface area contributed by atoms with E-state index in [9.17, 15) is 18.3 Å². The second-order valence-electron chi connectivity index (χ2n) is 20.3. The monoisotopic (exact) mass is 1310 g/mol. The van der Waals surface area contributed by atoms with Crippen molar-refractivity contribution in [3.8, 4) is 51.0 Å². The minimum atomic E-state index is -0.400. The lowest BCUT2D eigenvalue weighted by Crippen LogP contribution is -2.11. The summed E-state index contributed by atoms with van der Waals surface area (Å²) < 4.78 is 70.0. The first kappa shape index (κ1) is 60.0. The third-order valence-corrected chi connectivity index (χ3v) is 15.0. The number of ether oxygens (including phenoxy) is 4. The number of anilines is 3. The van der Waals surface area contributed by atoms with Crippen LogP contribution in [-0.4, -0.2) is 83.5 Å². The molecule has 5 aromatic carbocycles. The van der Waals surface area contributed by atoms with Gasteiger partial charge in [-0.05, 0) is 152 Å². The maximum Gasteiger partial charge on any atom is 0.170 e. The number of methoxy groups -OCH3 is 2. The number of rotatable bonds is 19. The number of aromatic nitrogens is 13. The van der Waals surface area contributed by atoms with E-state index < -0.39 is 5.82 Å². The number of H-pyrrole nitrogens is 2. The zero-order valence-corrected chi connectivity index (χ0v) is 50.6. The molecular formula is C64H58F3IN16O5. The maximum atomic E-state index is 14.1. The lowest BCUT2D eigenvalue weighted by Gasteiger charge is -2.19. The van der Waals surface area contributed by atoms with E-state index in [2.05, 4.69) is 84.2 Å². The molecule has 0 radical (unpaired) electrons. The van der Waals surface area contributed by atoms with E-state index in [4.69, 9.17) is 23.9 Å². The molecule has 0 amide bonds. The largest absolute Gasteiger partial charge is 0.508 e. The second-order valence-corrected chi connectivity index (χ2v) is 21.4. The van der Waals surface area contributed by atoms with Gasteiger partial charge in [0.2, 0.25) is 0 Å². The average Bonchev–Trinajstić information content (AvgIpc) is 2.71. The lowest BCUT2D eigenvalue weighted by atomic mass is 10.1. The van der Waals surface area contributed by atoms with Gasteiger partial charge in [-0.15, -0.1) is 0 Å². The van der Waals surface area contributed by atoms with E-state index in [0.29, 0.717) is 70.2 Å². The fraction of sp³-hybridized carbons (Fsp3) is 0.156. The zero-order chi connectivity index (χ0) is 62.0. The topological polar surface area (TPSA) is 241 Å². The minimum Gasteiger partial charge on any atom is -0.508 e. The number of aromatic hydroxyl groups is 1. The summed E-state index contributed by atoms with van der Waals surface area (Å²) in [4.78, 5) is 13.9. The maximum absolute atomic E-state index is 14.1. The summed E-state index contributed by atoms with van der Waals surface area (Å²) in [7, 11) is 3.26. The van der Waals surface area contributed by atoms with Gasteiger partial charge >= 0.3 is 0 Å². The first-order chi connectivity index (χ1) is 43.2. The smallest absolute Gasteiger partial charge is 0.170 e. The average molecular weight is 1320 g/mol. The van der Waals surface area contributed by atoms with Gasteiger partial charge in [-0.25, -0.2) is 41.7 Å². The Morgan fingerprint density at radius 2 is 0.888 bits per heavy atom. The molecule has 3 atom stereocenters. The molecule has 0 bridgehead atoms. The minimum absolute atomic E-state index is 0.0333.